The summed E-state index contributed by atoms with van der Waals surface area (Å²) in [6.45, 7) is 4.62. The molecule has 2 aromatic carbocycles. The van der Waals surface area contributed by atoms with Crippen LogP contribution in [0.2, 0.25) is 5.02 Å². The molecule has 0 saturated carbocycles. The van der Waals surface area contributed by atoms with Crippen molar-refractivity contribution in [3.8, 4) is 0 Å². The molecule has 3 N–H and O–H groups in total. The van der Waals surface area contributed by atoms with E-state index < -0.39 is 17.7 Å². The van der Waals surface area contributed by atoms with E-state index >= 15 is 0 Å². The van der Waals surface area contributed by atoms with Crippen molar-refractivity contribution in [1.29, 1.82) is 0 Å². The van der Waals surface area contributed by atoms with Gasteiger partial charge in [-0.25, -0.2) is 4.68 Å². The molecule has 3 rings (SSSR count). The van der Waals surface area contributed by atoms with Crippen molar-refractivity contribution in [2.45, 2.75) is 26.4 Å². The fraction of sp³-hybridized carbons (Fsp3) is 0.261. The largest absolute Gasteiger partial charge is 0.379 e. The van der Waals surface area contributed by atoms with Gasteiger partial charge in [0.25, 0.3) is 5.91 Å². The molecule has 0 spiro atoms. The van der Waals surface area contributed by atoms with E-state index in [0.717, 1.165) is 4.47 Å². The van der Waals surface area contributed by atoms with Crippen molar-refractivity contribution in [1.82, 2.24) is 9.99 Å². The Morgan fingerprint density at radius 1 is 1.06 bits per heavy atom. The van der Waals surface area contributed by atoms with Crippen LogP contribution >= 0.6 is 27.5 Å². The smallest absolute Gasteiger partial charge is 0.328 e. The first-order chi connectivity index (χ1) is 15.7. The molecule has 0 aliphatic carbocycles. The van der Waals surface area contributed by atoms with Gasteiger partial charge in [-0.2, -0.15) is 0 Å². The summed E-state index contributed by atoms with van der Waals surface area (Å²) in [5.74, 6) is -2.15. The maximum atomic E-state index is 13.0. The van der Waals surface area contributed by atoms with Crippen LogP contribution in [-0.2, 0) is 14.3 Å². The predicted octanol–water partition coefficient (Wildman–Crippen LogP) is 4.31. The van der Waals surface area contributed by atoms with Crippen molar-refractivity contribution in [2.24, 2.45) is 0 Å². The minimum Gasteiger partial charge on any atom is -0.379 e. The summed E-state index contributed by atoms with van der Waals surface area (Å²) >= 11 is 9.30. The Labute approximate surface area is 204 Å². The zero-order chi connectivity index (χ0) is 24.0. The molecule has 0 atom stereocenters. The molecule has 0 radical (unpaired) electrons. The zero-order valence-electron chi connectivity index (χ0n) is 18.2. The zero-order valence-corrected chi connectivity index (χ0v) is 20.5. The lowest BCUT2D eigenvalue weighted by Crippen LogP contribution is -2.40. The van der Waals surface area contributed by atoms with Crippen LogP contribution in [0.1, 0.15) is 30.8 Å². The van der Waals surface area contributed by atoms with Crippen molar-refractivity contribution in [3.63, 3.8) is 0 Å². The molecule has 33 heavy (non-hydrogen) atoms. The minimum absolute atomic E-state index is 0.100. The Kier molecular flexibility index (Phi) is 8.49. The number of benzene rings is 2. The van der Waals surface area contributed by atoms with Crippen LogP contribution in [0.5, 0.6) is 0 Å². The summed E-state index contributed by atoms with van der Waals surface area (Å²) in [5, 5.41) is 6.57. The number of rotatable bonds is 8. The number of aromatic nitrogens is 1. The van der Waals surface area contributed by atoms with Gasteiger partial charge in [-0.3, -0.25) is 19.8 Å². The van der Waals surface area contributed by atoms with Gasteiger partial charge in [0.2, 0.25) is 0 Å². The lowest BCUT2D eigenvalue weighted by atomic mass is 10.2. The molecular formula is C23H24BrClN4O4. The molecule has 0 aliphatic rings. The molecule has 3 amide bonds. The molecule has 8 nitrogen and oxygen atoms in total. The van der Waals surface area contributed by atoms with Gasteiger partial charge in [-0.1, -0.05) is 27.5 Å². The number of hydrogen-bond acceptors (Lipinski definition) is 4. The standard InChI is InChI=1S/C23H24BrClN4O4/c1-14(2)33-11-3-10-26-22(31)23(32)28-29-19-9-4-16(24)12-15(19)13-20(29)21(30)27-18-7-5-17(25)6-8-18/h4-9,12-14H,3,10-11H2,1-2H3,(H,26,31)(H,27,30)(H,28,32). The first-order valence-electron chi connectivity index (χ1n) is 10.3. The van der Waals surface area contributed by atoms with E-state index in [9.17, 15) is 14.4 Å². The van der Waals surface area contributed by atoms with Crippen LogP contribution in [0.4, 0.5) is 5.69 Å². The molecule has 174 valence electrons. The molecule has 0 unspecified atom stereocenters. The molecule has 0 aliphatic heterocycles. The fourth-order valence-electron chi connectivity index (χ4n) is 3.03. The van der Waals surface area contributed by atoms with Crippen molar-refractivity contribution in [3.05, 3.63) is 63.7 Å². The van der Waals surface area contributed by atoms with Crippen molar-refractivity contribution < 1.29 is 19.1 Å². The van der Waals surface area contributed by atoms with Crippen molar-refractivity contribution in [2.75, 3.05) is 23.9 Å². The average molecular weight is 536 g/mol. The molecular weight excluding hydrogens is 512 g/mol. The summed E-state index contributed by atoms with van der Waals surface area (Å²) in [6.07, 6.45) is 0.676. The number of anilines is 1. The first kappa shape index (κ1) is 24.8. The molecule has 0 saturated heterocycles. The highest BCUT2D eigenvalue weighted by atomic mass is 79.9. The third-order valence-corrected chi connectivity index (χ3v) is 5.32. The Hall–Kier alpha value is -2.88. The highest BCUT2D eigenvalue weighted by Crippen LogP contribution is 2.24. The number of fused-ring (bicyclic) bond motifs is 1. The van der Waals surface area contributed by atoms with Crippen LogP contribution in [-0.4, -0.2) is 41.7 Å². The van der Waals surface area contributed by atoms with Gasteiger partial charge in [0, 0.05) is 33.7 Å². The number of halogens is 2. The number of nitrogens with one attached hydrogen (secondary N) is 3. The third kappa shape index (κ3) is 6.80. The van der Waals surface area contributed by atoms with Crippen LogP contribution in [0.25, 0.3) is 10.9 Å². The Morgan fingerprint density at radius 2 is 1.79 bits per heavy atom. The molecule has 0 bridgehead atoms. The molecule has 0 fully saturated rings. The summed E-state index contributed by atoms with van der Waals surface area (Å²) in [5.41, 5.74) is 3.78. The lowest BCUT2D eigenvalue weighted by molar-refractivity contribution is -0.136. The van der Waals surface area contributed by atoms with Gasteiger partial charge in [0.15, 0.2) is 0 Å². The van der Waals surface area contributed by atoms with E-state index in [1.54, 1.807) is 42.5 Å². The second kappa shape index (κ2) is 11.3. The topological polar surface area (TPSA) is 101 Å². The second-order valence-corrected chi connectivity index (χ2v) is 8.85. The highest BCUT2D eigenvalue weighted by Gasteiger charge is 2.21. The molecule has 3 aromatic rings. The fourth-order valence-corrected chi connectivity index (χ4v) is 3.53. The predicted molar refractivity (Wildman–Crippen MR) is 132 cm³/mol. The maximum Gasteiger partial charge on any atom is 0.328 e. The summed E-state index contributed by atoms with van der Waals surface area (Å²) in [4.78, 5) is 37.8. The number of ether oxygens (including phenoxy) is 1. The number of amides is 3. The van der Waals surface area contributed by atoms with Gasteiger partial charge in [-0.05, 0) is 68.8 Å². The normalized spacial score (nSPS) is 10.9. The van der Waals surface area contributed by atoms with E-state index in [0.29, 0.717) is 41.2 Å². The van der Waals surface area contributed by atoms with Crippen LogP contribution < -0.4 is 16.1 Å². The second-order valence-electron chi connectivity index (χ2n) is 7.50. The molecule has 1 aromatic heterocycles. The Bertz CT molecular complexity index is 1160. The van der Waals surface area contributed by atoms with Crippen molar-refractivity contribution >= 4 is 61.8 Å². The van der Waals surface area contributed by atoms with Crippen LogP contribution in [0.3, 0.4) is 0 Å². The van der Waals surface area contributed by atoms with E-state index in [-0.39, 0.29) is 11.8 Å². The summed E-state index contributed by atoms with van der Waals surface area (Å²) in [7, 11) is 0. The number of carbonyl (C=O) groups is 3. The monoisotopic (exact) mass is 534 g/mol. The Balaban J connectivity index is 1.76. The van der Waals surface area contributed by atoms with E-state index in [1.165, 1.54) is 4.68 Å². The molecule has 10 heteroatoms. The van der Waals surface area contributed by atoms with Crippen LogP contribution in [0, 0.1) is 0 Å². The van der Waals surface area contributed by atoms with E-state index in [2.05, 4.69) is 32.0 Å². The summed E-state index contributed by atoms with van der Waals surface area (Å²) in [6, 6.07) is 13.6. The van der Waals surface area contributed by atoms with Gasteiger partial charge in [0.05, 0.1) is 11.6 Å². The Morgan fingerprint density at radius 3 is 2.48 bits per heavy atom. The van der Waals surface area contributed by atoms with Crippen LogP contribution in [0.15, 0.2) is 53.0 Å². The molecule has 1 heterocycles. The van der Waals surface area contributed by atoms with Gasteiger partial charge < -0.3 is 15.4 Å². The lowest BCUT2D eigenvalue weighted by Gasteiger charge is -2.13. The third-order valence-electron chi connectivity index (χ3n) is 4.58. The van der Waals surface area contributed by atoms with Gasteiger partial charge in [-0.15, -0.1) is 0 Å². The summed E-state index contributed by atoms with van der Waals surface area (Å²) < 4.78 is 7.53. The maximum absolute atomic E-state index is 13.0. The van der Waals surface area contributed by atoms with E-state index in [4.69, 9.17) is 16.3 Å². The SMILES string of the molecule is CC(C)OCCCNC(=O)C(=O)Nn1c(C(=O)Nc2ccc(Cl)cc2)cc2cc(Br)ccc21. The average Bonchev–Trinajstić information content (AvgIpc) is 3.12. The number of hydrogen-bond donors (Lipinski definition) is 3. The van der Waals surface area contributed by atoms with Gasteiger partial charge in [0.1, 0.15) is 5.69 Å². The minimum atomic E-state index is -0.888. The highest BCUT2D eigenvalue weighted by molar-refractivity contribution is 9.10. The number of carbonyl (C=O) groups excluding carboxylic acids is 3. The van der Waals surface area contributed by atoms with E-state index in [1.807, 2.05) is 19.9 Å². The van der Waals surface area contributed by atoms with Gasteiger partial charge >= 0.3 is 11.8 Å². The number of nitrogens with zero attached hydrogens (tertiary/aromatic N) is 1. The quantitative estimate of drug-likeness (QED) is 0.295. The first-order valence-corrected chi connectivity index (χ1v) is 11.5.